The van der Waals surface area contributed by atoms with Crippen molar-refractivity contribution >= 4 is 40.0 Å². The molecule has 0 saturated carbocycles. The summed E-state index contributed by atoms with van der Waals surface area (Å²) in [5.41, 5.74) is 0.802. The zero-order valence-corrected chi connectivity index (χ0v) is 17.7. The molecular formula is C16H29IN4O2S. The molecule has 1 aromatic rings. The summed E-state index contributed by atoms with van der Waals surface area (Å²) in [6, 6.07) is 6.55. The smallest absolute Gasteiger partial charge is 0.238 e. The van der Waals surface area contributed by atoms with E-state index < -0.39 is 10.0 Å². The Morgan fingerprint density at radius 1 is 1.29 bits per heavy atom. The molecular weight excluding hydrogens is 439 g/mol. The molecule has 24 heavy (non-hydrogen) atoms. The van der Waals surface area contributed by atoms with Gasteiger partial charge in [-0.25, -0.2) is 18.5 Å². The molecule has 0 amide bonds. The number of nitrogens with one attached hydrogen (secondary N) is 2. The molecule has 0 fully saturated rings. The first-order valence-electron chi connectivity index (χ1n) is 7.97. The van der Waals surface area contributed by atoms with Gasteiger partial charge in [0.25, 0.3) is 0 Å². The van der Waals surface area contributed by atoms with Gasteiger partial charge in [0.05, 0.1) is 11.4 Å². The van der Waals surface area contributed by atoms with E-state index >= 15 is 0 Å². The van der Waals surface area contributed by atoms with Crippen LogP contribution in [0, 0.1) is 5.92 Å². The van der Waals surface area contributed by atoms with Crippen molar-refractivity contribution in [1.82, 2.24) is 10.6 Å². The van der Waals surface area contributed by atoms with Gasteiger partial charge < -0.3 is 10.6 Å². The van der Waals surface area contributed by atoms with Gasteiger partial charge in [0.15, 0.2) is 5.96 Å². The monoisotopic (exact) mass is 468 g/mol. The highest BCUT2D eigenvalue weighted by Gasteiger charge is 2.07. The lowest BCUT2D eigenvalue weighted by atomic mass is 10.1. The van der Waals surface area contributed by atoms with Crippen molar-refractivity contribution in [2.75, 3.05) is 13.1 Å². The number of hydrogen-bond donors (Lipinski definition) is 3. The van der Waals surface area contributed by atoms with Crippen LogP contribution in [0.4, 0.5) is 0 Å². The molecule has 0 unspecified atom stereocenters. The number of nitrogens with zero attached hydrogens (tertiary/aromatic N) is 1. The van der Waals surface area contributed by atoms with Crippen molar-refractivity contribution in [3.63, 3.8) is 0 Å². The number of benzene rings is 1. The van der Waals surface area contributed by atoms with E-state index in [2.05, 4.69) is 29.5 Å². The minimum absolute atomic E-state index is 0. The maximum atomic E-state index is 11.4. The molecule has 1 rings (SSSR count). The van der Waals surface area contributed by atoms with Gasteiger partial charge in [-0.2, -0.15) is 0 Å². The molecule has 0 atom stereocenters. The summed E-state index contributed by atoms with van der Waals surface area (Å²) in [6.45, 7) is 8.44. The fourth-order valence-electron chi connectivity index (χ4n) is 2.05. The van der Waals surface area contributed by atoms with Crippen molar-refractivity contribution in [3.05, 3.63) is 29.8 Å². The molecule has 0 bridgehead atoms. The second-order valence-corrected chi connectivity index (χ2v) is 7.41. The highest BCUT2D eigenvalue weighted by atomic mass is 127. The fourth-order valence-corrected chi connectivity index (χ4v) is 2.63. The van der Waals surface area contributed by atoms with E-state index in [1.165, 1.54) is 12.5 Å². The normalized spacial score (nSPS) is 12.0. The number of halogens is 1. The minimum Gasteiger partial charge on any atom is -0.357 e. The molecule has 138 valence electrons. The highest BCUT2D eigenvalue weighted by molar-refractivity contribution is 14.0. The van der Waals surface area contributed by atoms with Gasteiger partial charge in [0.2, 0.25) is 10.0 Å². The molecule has 1 aromatic carbocycles. The van der Waals surface area contributed by atoms with Crippen molar-refractivity contribution in [3.8, 4) is 0 Å². The van der Waals surface area contributed by atoms with E-state index in [4.69, 9.17) is 5.14 Å². The van der Waals surface area contributed by atoms with E-state index in [9.17, 15) is 8.42 Å². The Morgan fingerprint density at radius 3 is 2.58 bits per heavy atom. The molecule has 0 aromatic heterocycles. The fraction of sp³-hybridized carbons (Fsp3) is 0.562. The van der Waals surface area contributed by atoms with Gasteiger partial charge in [-0.3, -0.25) is 0 Å². The lowest BCUT2D eigenvalue weighted by Crippen LogP contribution is -2.37. The van der Waals surface area contributed by atoms with E-state index in [0.717, 1.165) is 31.0 Å². The van der Waals surface area contributed by atoms with Crippen molar-refractivity contribution in [2.24, 2.45) is 16.0 Å². The van der Waals surface area contributed by atoms with Crippen LogP contribution >= 0.6 is 24.0 Å². The highest BCUT2D eigenvalue weighted by Crippen LogP contribution is 2.10. The van der Waals surface area contributed by atoms with E-state index in [-0.39, 0.29) is 28.9 Å². The predicted molar refractivity (Wildman–Crippen MR) is 110 cm³/mol. The molecule has 0 aliphatic carbocycles. The Bertz CT molecular complexity index is 618. The van der Waals surface area contributed by atoms with Gasteiger partial charge in [0.1, 0.15) is 0 Å². The topological polar surface area (TPSA) is 96.6 Å². The number of primary sulfonamides is 1. The Balaban J connectivity index is 0.00000529. The number of sulfonamides is 1. The Kier molecular flexibility index (Phi) is 11.2. The molecule has 0 heterocycles. The van der Waals surface area contributed by atoms with Crippen LogP contribution < -0.4 is 15.8 Å². The summed E-state index contributed by atoms with van der Waals surface area (Å²) in [6.07, 6.45) is 2.26. The Labute approximate surface area is 162 Å². The number of aliphatic imine (C=N–C) groups is 1. The third-order valence-electron chi connectivity index (χ3n) is 3.24. The maximum absolute atomic E-state index is 11.4. The number of guanidine groups is 1. The van der Waals surface area contributed by atoms with E-state index in [1.54, 1.807) is 12.1 Å². The molecule has 0 aliphatic rings. The van der Waals surface area contributed by atoms with Gasteiger partial charge in [-0.15, -0.1) is 24.0 Å². The summed E-state index contributed by atoms with van der Waals surface area (Å²) < 4.78 is 22.7. The SMILES string of the molecule is CCNC(=NCc1cccc(S(N)(=O)=O)c1)NCCCC(C)C.I. The second-order valence-electron chi connectivity index (χ2n) is 5.85. The third-order valence-corrected chi connectivity index (χ3v) is 4.15. The second kappa shape index (κ2) is 11.6. The van der Waals surface area contributed by atoms with Crippen LogP contribution in [0.5, 0.6) is 0 Å². The van der Waals surface area contributed by atoms with Crippen LogP contribution in [-0.2, 0) is 16.6 Å². The lowest BCUT2D eigenvalue weighted by molar-refractivity contribution is 0.549. The van der Waals surface area contributed by atoms with E-state index in [1.807, 2.05) is 13.0 Å². The quantitative estimate of drug-likeness (QED) is 0.236. The van der Waals surface area contributed by atoms with Crippen molar-refractivity contribution < 1.29 is 8.42 Å². The van der Waals surface area contributed by atoms with Gasteiger partial charge in [0, 0.05) is 13.1 Å². The summed E-state index contributed by atoms with van der Waals surface area (Å²) in [5, 5.41) is 11.6. The molecule has 8 heteroatoms. The molecule has 0 aliphatic heterocycles. The number of rotatable bonds is 8. The van der Waals surface area contributed by atoms with Crippen LogP contribution in [0.2, 0.25) is 0 Å². The molecule has 4 N–H and O–H groups in total. The lowest BCUT2D eigenvalue weighted by Gasteiger charge is -2.12. The van der Waals surface area contributed by atoms with Gasteiger partial charge in [-0.1, -0.05) is 26.0 Å². The average Bonchev–Trinajstić information content (AvgIpc) is 2.48. The molecule has 0 spiro atoms. The van der Waals surface area contributed by atoms with E-state index in [0.29, 0.717) is 12.5 Å². The maximum Gasteiger partial charge on any atom is 0.238 e. The average molecular weight is 468 g/mol. The minimum atomic E-state index is -3.68. The Morgan fingerprint density at radius 2 is 2.00 bits per heavy atom. The van der Waals surface area contributed by atoms with Crippen LogP contribution in [-0.4, -0.2) is 27.5 Å². The summed E-state index contributed by atoms with van der Waals surface area (Å²) in [7, 11) is -3.68. The molecule has 0 radical (unpaired) electrons. The zero-order valence-electron chi connectivity index (χ0n) is 14.6. The summed E-state index contributed by atoms with van der Waals surface area (Å²) in [4.78, 5) is 4.59. The largest absolute Gasteiger partial charge is 0.357 e. The molecule has 0 saturated heterocycles. The van der Waals surface area contributed by atoms with Crippen LogP contribution in [0.25, 0.3) is 0 Å². The van der Waals surface area contributed by atoms with Crippen molar-refractivity contribution in [2.45, 2.75) is 45.1 Å². The van der Waals surface area contributed by atoms with Crippen LogP contribution in [0.15, 0.2) is 34.2 Å². The summed E-state index contributed by atoms with van der Waals surface area (Å²) >= 11 is 0. The first-order valence-corrected chi connectivity index (χ1v) is 9.51. The van der Waals surface area contributed by atoms with Gasteiger partial charge in [-0.05, 0) is 43.4 Å². The Hall–Kier alpha value is -0.870. The van der Waals surface area contributed by atoms with Crippen LogP contribution in [0.3, 0.4) is 0 Å². The third kappa shape index (κ3) is 9.43. The first-order chi connectivity index (χ1) is 10.8. The first kappa shape index (κ1) is 23.1. The zero-order chi connectivity index (χ0) is 17.3. The number of hydrogen-bond acceptors (Lipinski definition) is 3. The predicted octanol–water partition coefficient (Wildman–Crippen LogP) is 2.44. The van der Waals surface area contributed by atoms with Crippen LogP contribution in [0.1, 0.15) is 39.2 Å². The molecule has 6 nitrogen and oxygen atoms in total. The van der Waals surface area contributed by atoms with Crippen molar-refractivity contribution in [1.29, 1.82) is 0 Å². The standard InChI is InChI=1S/C16H28N4O2S.HI/c1-4-18-16(19-10-6-7-13(2)3)20-12-14-8-5-9-15(11-14)23(17,21)22;/h5,8-9,11,13H,4,6-7,10,12H2,1-3H3,(H2,17,21,22)(H2,18,19,20);1H. The number of nitrogens with two attached hydrogens (primary N) is 1. The summed E-state index contributed by atoms with van der Waals surface area (Å²) in [5.74, 6) is 1.43. The van der Waals surface area contributed by atoms with Gasteiger partial charge >= 0.3 is 0 Å².